The van der Waals surface area contributed by atoms with Crippen molar-refractivity contribution in [2.75, 3.05) is 0 Å². The van der Waals surface area contributed by atoms with Gasteiger partial charge in [-0.1, -0.05) is 19.3 Å². The molecule has 0 aromatic carbocycles. The van der Waals surface area contributed by atoms with Crippen LogP contribution in [-0.4, -0.2) is 20.5 Å². The van der Waals surface area contributed by atoms with Gasteiger partial charge in [-0.25, -0.2) is 4.98 Å². The molecular weight excluding hydrogens is 270 g/mol. The summed E-state index contributed by atoms with van der Waals surface area (Å²) in [6, 6.07) is 1.76. The van der Waals surface area contributed by atoms with Crippen LogP contribution in [0.1, 0.15) is 66.1 Å². The molecule has 1 fully saturated rings. The molecule has 0 atom stereocenters. The molecule has 0 bridgehead atoms. The first kappa shape index (κ1) is 13.5. The average Bonchev–Trinajstić information content (AvgIpc) is 3.10. The Morgan fingerprint density at radius 3 is 2.90 bits per heavy atom. The monoisotopic (exact) mass is 289 g/mol. The van der Waals surface area contributed by atoms with Gasteiger partial charge in [0.15, 0.2) is 5.78 Å². The lowest BCUT2D eigenvalue weighted by molar-refractivity contribution is 0.101. The molecule has 0 spiro atoms. The van der Waals surface area contributed by atoms with Crippen molar-refractivity contribution in [3.63, 3.8) is 0 Å². The van der Waals surface area contributed by atoms with Crippen molar-refractivity contribution in [1.82, 2.24) is 14.8 Å². The lowest BCUT2D eigenvalue weighted by Gasteiger charge is -2.18. The number of carbonyl (C=O) groups excluding carboxylic acids is 1. The highest BCUT2D eigenvalue weighted by atomic mass is 32.1. The van der Waals surface area contributed by atoms with Crippen LogP contribution in [0.4, 0.5) is 0 Å². The summed E-state index contributed by atoms with van der Waals surface area (Å²) in [5.41, 5.74) is 1.57. The summed E-state index contributed by atoms with van der Waals surface area (Å²) in [6.45, 7) is 2.19. The van der Waals surface area contributed by atoms with E-state index in [-0.39, 0.29) is 5.78 Å². The number of thiazole rings is 1. The van der Waals surface area contributed by atoms with Crippen LogP contribution in [0, 0.1) is 0 Å². The first-order valence-electron chi connectivity index (χ1n) is 7.21. The Morgan fingerprint density at radius 1 is 1.40 bits per heavy atom. The molecule has 2 aromatic rings. The van der Waals surface area contributed by atoms with Crippen LogP contribution < -0.4 is 0 Å². The van der Waals surface area contributed by atoms with Crippen LogP contribution in [0.2, 0.25) is 0 Å². The number of aromatic nitrogens is 3. The summed E-state index contributed by atoms with van der Waals surface area (Å²) in [6.07, 6.45) is 8.44. The van der Waals surface area contributed by atoms with Gasteiger partial charge in [0, 0.05) is 24.4 Å². The molecule has 0 saturated heterocycles. The van der Waals surface area contributed by atoms with E-state index < -0.39 is 0 Å². The molecule has 0 aliphatic heterocycles. The minimum atomic E-state index is 0.00456. The molecule has 0 unspecified atom stereocenters. The van der Waals surface area contributed by atoms with Gasteiger partial charge in [-0.3, -0.25) is 9.48 Å². The molecule has 2 aromatic heterocycles. The summed E-state index contributed by atoms with van der Waals surface area (Å²) < 4.78 is 1.79. The van der Waals surface area contributed by atoms with Crippen LogP contribution in [-0.2, 0) is 6.54 Å². The summed E-state index contributed by atoms with van der Waals surface area (Å²) in [4.78, 5) is 16.0. The largest absolute Gasteiger partial charge is 0.293 e. The van der Waals surface area contributed by atoms with Gasteiger partial charge in [-0.05, 0) is 18.9 Å². The zero-order chi connectivity index (χ0) is 13.9. The summed E-state index contributed by atoms with van der Waals surface area (Å²) >= 11 is 1.77. The molecule has 1 aliphatic rings. The summed E-state index contributed by atoms with van der Waals surface area (Å²) in [5, 5.41) is 7.66. The first-order valence-corrected chi connectivity index (χ1v) is 8.09. The van der Waals surface area contributed by atoms with Gasteiger partial charge in [0.1, 0.15) is 5.69 Å². The Morgan fingerprint density at radius 2 is 2.20 bits per heavy atom. The third kappa shape index (κ3) is 2.98. The number of ketones is 1. The number of hydrogen-bond donors (Lipinski definition) is 0. The number of rotatable bonds is 4. The normalized spacial score (nSPS) is 16.4. The quantitative estimate of drug-likeness (QED) is 0.807. The first-order chi connectivity index (χ1) is 9.72. The van der Waals surface area contributed by atoms with Gasteiger partial charge in [0.25, 0.3) is 0 Å². The van der Waals surface area contributed by atoms with Crippen LogP contribution in [0.5, 0.6) is 0 Å². The standard InChI is InChI=1S/C15H19N3OS/c1-11(19)14-7-8-18(17-14)9-13-10-20-15(16-13)12-5-3-2-4-6-12/h7-8,10,12H,2-6,9H2,1H3. The van der Waals surface area contributed by atoms with Gasteiger partial charge >= 0.3 is 0 Å². The van der Waals surface area contributed by atoms with Crippen LogP contribution in [0.3, 0.4) is 0 Å². The smallest absolute Gasteiger partial charge is 0.179 e. The summed E-state index contributed by atoms with van der Waals surface area (Å²) in [7, 11) is 0. The predicted octanol–water partition coefficient (Wildman–Crippen LogP) is 3.64. The summed E-state index contributed by atoms with van der Waals surface area (Å²) in [5.74, 6) is 0.665. The van der Waals surface area contributed by atoms with E-state index in [0.29, 0.717) is 18.2 Å². The van der Waals surface area contributed by atoms with Crippen molar-refractivity contribution in [1.29, 1.82) is 0 Å². The molecule has 0 amide bonds. The fourth-order valence-electron chi connectivity index (χ4n) is 2.74. The lowest BCUT2D eigenvalue weighted by Crippen LogP contribution is -2.06. The fraction of sp³-hybridized carbons (Fsp3) is 0.533. The zero-order valence-corrected chi connectivity index (χ0v) is 12.5. The zero-order valence-electron chi connectivity index (χ0n) is 11.7. The van der Waals surface area contributed by atoms with Crippen LogP contribution >= 0.6 is 11.3 Å². The van der Waals surface area contributed by atoms with Crippen molar-refractivity contribution >= 4 is 17.1 Å². The highest BCUT2D eigenvalue weighted by molar-refractivity contribution is 7.09. The van der Waals surface area contributed by atoms with E-state index in [4.69, 9.17) is 4.98 Å². The van der Waals surface area contributed by atoms with E-state index in [1.165, 1.54) is 44.0 Å². The second kappa shape index (κ2) is 5.87. The molecule has 0 N–H and O–H groups in total. The van der Waals surface area contributed by atoms with Crippen molar-refractivity contribution in [2.24, 2.45) is 0 Å². The van der Waals surface area contributed by atoms with Gasteiger partial charge in [-0.2, -0.15) is 5.10 Å². The Bertz CT molecular complexity index is 596. The third-order valence-corrected chi connectivity index (χ3v) is 4.91. The van der Waals surface area contributed by atoms with Gasteiger partial charge < -0.3 is 0 Å². The highest BCUT2D eigenvalue weighted by Gasteiger charge is 2.18. The van der Waals surface area contributed by atoms with Crippen molar-refractivity contribution in [2.45, 2.75) is 51.5 Å². The van der Waals surface area contributed by atoms with E-state index in [0.717, 1.165) is 5.69 Å². The van der Waals surface area contributed by atoms with E-state index in [1.54, 1.807) is 22.1 Å². The Hall–Kier alpha value is -1.49. The fourth-order valence-corrected chi connectivity index (χ4v) is 3.72. The maximum absolute atomic E-state index is 11.2. The van der Waals surface area contributed by atoms with E-state index in [1.807, 2.05) is 6.20 Å². The van der Waals surface area contributed by atoms with Gasteiger partial charge in [0.05, 0.1) is 17.2 Å². The molecule has 20 heavy (non-hydrogen) atoms. The number of hydrogen-bond acceptors (Lipinski definition) is 4. The maximum Gasteiger partial charge on any atom is 0.179 e. The molecule has 4 nitrogen and oxygen atoms in total. The molecule has 106 valence electrons. The Balaban J connectivity index is 1.68. The molecule has 1 saturated carbocycles. The topological polar surface area (TPSA) is 47.8 Å². The maximum atomic E-state index is 11.2. The average molecular weight is 289 g/mol. The Labute approximate surface area is 122 Å². The molecule has 2 heterocycles. The molecular formula is C15H19N3OS. The number of carbonyl (C=O) groups is 1. The second-order valence-corrected chi connectivity index (χ2v) is 6.36. The van der Waals surface area contributed by atoms with Crippen molar-refractivity contribution in [3.8, 4) is 0 Å². The Kier molecular flexibility index (Phi) is 3.96. The molecule has 5 heteroatoms. The molecule has 3 rings (SSSR count). The van der Waals surface area contributed by atoms with Gasteiger partial charge in [-0.15, -0.1) is 11.3 Å². The van der Waals surface area contributed by atoms with Crippen LogP contribution in [0.25, 0.3) is 0 Å². The predicted molar refractivity (Wildman–Crippen MR) is 79.3 cm³/mol. The minimum absolute atomic E-state index is 0.00456. The second-order valence-electron chi connectivity index (χ2n) is 5.47. The van der Waals surface area contributed by atoms with Crippen molar-refractivity contribution in [3.05, 3.63) is 34.0 Å². The van der Waals surface area contributed by atoms with Crippen LogP contribution in [0.15, 0.2) is 17.6 Å². The SMILES string of the molecule is CC(=O)c1ccn(Cc2csc(C3CCCCC3)n2)n1. The van der Waals surface area contributed by atoms with E-state index >= 15 is 0 Å². The van der Waals surface area contributed by atoms with E-state index in [2.05, 4.69) is 10.5 Å². The third-order valence-electron chi connectivity index (χ3n) is 3.85. The molecule has 1 aliphatic carbocycles. The number of Topliss-reactive ketones (excluding diaryl/α,β-unsaturated/α-hetero) is 1. The van der Waals surface area contributed by atoms with Gasteiger partial charge in [0.2, 0.25) is 0 Å². The number of nitrogens with zero attached hydrogens (tertiary/aromatic N) is 3. The molecule has 0 radical (unpaired) electrons. The van der Waals surface area contributed by atoms with E-state index in [9.17, 15) is 4.79 Å². The van der Waals surface area contributed by atoms with Crippen molar-refractivity contribution < 1.29 is 4.79 Å². The highest BCUT2D eigenvalue weighted by Crippen LogP contribution is 2.34. The minimum Gasteiger partial charge on any atom is -0.293 e. The lowest BCUT2D eigenvalue weighted by atomic mass is 9.90.